The lowest BCUT2D eigenvalue weighted by atomic mass is 10.2. The van der Waals surface area contributed by atoms with Crippen LogP contribution >= 0.6 is 0 Å². The van der Waals surface area contributed by atoms with Crippen LogP contribution < -0.4 is 16.0 Å². The molecule has 1 saturated heterocycles. The van der Waals surface area contributed by atoms with E-state index in [1.165, 1.54) is 6.92 Å². The number of carbonyl (C=O) groups excluding carboxylic acids is 2. The number of carbonyl (C=O) groups is 2. The van der Waals surface area contributed by atoms with Gasteiger partial charge in [-0.25, -0.2) is 9.97 Å². The Bertz CT molecular complexity index is 817. The molecule has 1 aliphatic heterocycles. The number of anilines is 3. The third-order valence-electron chi connectivity index (χ3n) is 4.06. The molecule has 0 saturated carbocycles. The van der Waals surface area contributed by atoms with Gasteiger partial charge in [0.25, 0.3) is 5.91 Å². The van der Waals surface area contributed by atoms with Crippen LogP contribution in [0.2, 0.25) is 0 Å². The Kier molecular flexibility index (Phi) is 5.97. The van der Waals surface area contributed by atoms with Crippen molar-refractivity contribution in [3.05, 3.63) is 41.7 Å². The maximum absolute atomic E-state index is 12.4. The van der Waals surface area contributed by atoms with Gasteiger partial charge in [-0.1, -0.05) is 0 Å². The lowest BCUT2D eigenvalue weighted by Crippen LogP contribution is -2.32. The summed E-state index contributed by atoms with van der Waals surface area (Å²) in [5.41, 5.74) is 2.44. The molecule has 1 aliphatic rings. The van der Waals surface area contributed by atoms with E-state index in [1.807, 2.05) is 6.92 Å². The van der Waals surface area contributed by atoms with Gasteiger partial charge in [0.1, 0.15) is 5.69 Å². The van der Waals surface area contributed by atoms with Crippen molar-refractivity contribution < 1.29 is 14.3 Å². The van der Waals surface area contributed by atoms with Crippen molar-refractivity contribution in [2.45, 2.75) is 32.8 Å². The van der Waals surface area contributed by atoms with Crippen LogP contribution in [0.15, 0.2) is 30.3 Å². The van der Waals surface area contributed by atoms with Gasteiger partial charge >= 0.3 is 0 Å². The molecule has 3 N–H and O–H groups in total. The maximum atomic E-state index is 12.4. The van der Waals surface area contributed by atoms with E-state index < -0.39 is 0 Å². The van der Waals surface area contributed by atoms with Gasteiger partial charge in [0, 0.05) is 37.1 Å². The number of aryl methyl sites for hydroxylation is 1. The number of rotatable bonds is 6. The molecule has 0 bridgehead atoms. The molecule has 2 amide bonds. The van der Waals surface area contributed by atoms with Crippen LogP contribution in [0.4, 0.5) is 17.3 Å². The molecule has 1 aromatic carbocycles. The van der Waals surface area contributed by atoms with E-state index in [2.05, 4.69) is 25.9 Å². The Morgan fingerprint density at radius 1 is 1.19 bits per heavy atom. The average molecular weight is 369 g/mol. The molecule has 0 spiro atoms. The molecule has 27 heavy (non-hydrogen) atoms. The molecule has 142 valence electrons. The minimum Gasteiger partial charge on any atom is -0.376 e. The van der Waals surface area contributed by atoms with Gasteiger partial charge in [-0.05, 0) is 50.1 Å². The highest BCUT2D eigenvalue weighted by atomic mass is 16.5. The predicted molar refractivity (Wildman–Crippen MR) is 102 cm³/mol. The zero-order chi connectivity index (χ0) is 19.2. The second-order valence-electron chi connectivity index (χ2n) is 6.45. The molecule has 8 heteroatoms. The number of nitrogens with zero attached hydrogens (tertiary/aromatic N) is 2. The lowest BCUT2D eigenvalue weighted by molar-refractivity contribution is -0.114. The van der Waals surface area contributed by atoms with E-state index in [1.54, 1.807) is 30.3 Å². The van der Waals surface area contributed by atoms with Gasteiger partial charge in [0.15, 0.2) is 0 Å². The van der Waals surface area contributed by atoms with E-state index in [4.69, 9.17) is 4.74 Å². The molecule has 3 rings (SSSR count). The standard InChI is InChI=1S/C19H23N5O3/c1-12-10-17(18(26)20-11-16-4-3-9-27-16)24-19(21-12)23-15-7-5-14(6-8-15)22-13(2)25/h5-8,10,16H,3-4,9,11H2,1-2H3,(H,20,26)(H,22,25)(H,21,23,24). The van der Waals surface area contributed by atoms with Gasteiger partial charge in [0.05, 0.1) is 6.10 Å². The lowest BCUT2D eigenvalue weighted by Gasteiger charge is -2.12. The van der Waals surface area contributed by atoms with Crippen LogP contribution in [0, 0.1) is 6.92 Å². The second-order valence-corrected chi connectivity index (χ2v) is 6.45. The summed E-state index contributed by atoms with van der Waals surface area (Å²) in [6, 6.07) is 8.79. The van der Waals surface area contributed by atoms with Gasteiger partial charge in [-0.15, -0.1) is 0 Å². The molecule has 0 radical (unpaired) electrons. The zero-order valence-corrected chi connectivity index (χ0v) is 15.4. The summed E-state index contributed by atoms with van der Waals surface area (Å²) < 4.78 is 5.51. The van der Waals surface area contributed by atoms with Gasteiger partial charge in [-0.2, -0.15) is 0 Å². The molecular weight excluding hydrogens is 346 g/mol. The van der Waals surface area contributed by atoms with Gasteiger partial charge in [-0.3, -0.25) is 9.59 Å². The fourth-order valence-corrected chi connectivity index (χ4v) is 2.81. The quantitative estimate of drug-likeness (QED) is 0.722. The molecule has 2 heterocycles. The molecule has 1 unspecified atom stereocenters. The van der Waals surface area contributed by atoms with Crippen molar-refractivity contribution in [1.82, 2.24) is 15.3 Å². The highest BCUT2D eigenvalue weighted by molar-refractivity contribution is 5.92. The van der Waals surface area contributed by atoms with E-state index >= 15 is 0 Å². The molecular formula is C19H23N5O3. The summed E-state index contributed by atoms with van der Waals surface area (Å²) >= 11 is 0. The number of amides is 2. The number of aromatic nitrogens is 2. The Morgan fingerprint density at radius 3 is 2.59 bits per heavy atom. The predicted octanol–water partition coefficient (Wildman–Crippen LogP) is 2.40. The van der Waals surface area contributed by atoms with E-state index in [0.29, 0.717) is 29.6 Å². The highest BCUT2D eigenvalue weighted by Crippen LogP contribution is 2.17. The summed E-state index contributed by atoms with van der Waals surface area (Å²) in [6.45, 7) is 4.50. The largest absolute Gasteiger partial charge is 0.376 e. The first-order chi connectivity index (χ1) is 13.0. The van der Waals surface area contributed by atoms with Gasteiger partial charge in [0.2, 0.25) is 11.9 Å². The van der Waals surface area contributed by atoms with Crippen LogP contribution in [0.5, 0.6) is 0 Å². The van der Waals surface area contributed by atoms with Crippen molar-refractivity contribution in [3.63, 3.8) is 0 Å². The van der Waals surface area contributed by atoms with E-state index in [0.717, 1.165) is 25.1 Å². The van der Waals surface area contributed by atoms with Crippen LogP contribution in [0.1, 0.15) is 35.9 Å². The summed E-state index contributed by atoms with van der Waals surface area (Å²) in [7, 11) is 0. The normalized spacial score (nSPS) is 16.0. The molecule has 8 nitrogen and oxygen atoms in total. The highest BCUT2D eigenvalue weighted by Gasteiger charge is 2.17. The summed E-state index contributed by atoms with van der Waals surface area (Å²) in [4.78, 5) is 32.1. The van der Waals surface area contributed by atoms with E-state index in [-0.39, 0.29) is 17.9 Å². The molecule has 1 aromatic heterocycles. The Labute approximate surface area is 157 Å². The topological polar surface area (TPSA) is 105 Å². The van der Waals surface area contributed by atoms with Gasteiger partial charge < -0.3 is 20.7 Å². The first kappa shape index (κ1) is 18.8. The van der Waals surface area contributed by atoms with Crippen LogP contribution in [-0.2, 0) is 9.53 Å². The summed E-state index contributed by atoms with van der Waals surface area (Å²) in [5, 5.41) is 8.65. The third-order valence-corrected chi connectivity index (χ3v) is 4.06. The van der Waals surface area contributed by atoms with Crippen molar-refractivity contribution in [2.75, 3.05) is 23.8 Å². The first-order valence-corrected chi connectivity index (χ1v) is 8.90. The number of hydrogen-bond donors (Lipinski definition) is 3. The number of hydrogen-bond acceptors (Lipinski definition) is 6. The van der Waals surface area contributed by atoms with Crippen molar-refractivity contribution >= 4 is 29.1 Å². The number of benzene rings is 1. The number of nitrogens with one attached hydrogen (secondary N) is 3. The zero-order valence-electron chi connectivity index (χ0n) is 15.4. The number of ether oxygens (including phenoxy) is 1. The summed E-state index contributed by atoms with van der Waals surface area (Å²) in [5.74, 6) is -0.0408. The summed E-state index contributed by atoms with van der Waals surface area (Å²) in [6.07, 6.45) is 2.07. The minimum absolute atomic E-state index is 0.0802. The maximum Gasteiger partial charge on any atom is 0.270 e. The van der Waals surface area contributed by atoms with Crippen molar-refractivity contribution in [2.24, 2.45) is 0 Å². The Balaban J connectivity index is 1.65. The van der Waals surface area contributed by atoms with Crippen molar-refractivity contribution in [1.29, 1.82) is 0 Å². The van der Waals surface area contributed by atoms with Crippen molar-refractivity contribution in [3.8, 4) is 0 Å². The van der Waals surface area contributed by atoms with Crippen LogP contribution in [0.3, 0.4) is 0 Å². The minimum atomic E-state index is -0.250. The fourth-order valence-electron chi connectivity index (χ4n) is 2.81. The van der Waals surface area contributed by atoms with E-state index in [9.17, 15) is 9.59 Å². The fraction of sp³-hybridized carbons (Fsp3) is 0.368. The molecule has 1 fully saturated rings. The Hall–Kier alpha value is -3.00. The van der Waals surface area contributed by atoms with Crippen LogP contribution in [-0.4, -0.2) is 41.0 Å². The monoisotopic (exact) mass is 369 g/mol. The molecule has 0 aliphatic carbocycles. The SMILES string of the molecule is CC(=O)Nc1ccc(Nc2nc(C)cc(C(=O)NCC3CCCO3)n2)cc1. The van der Waals surface area contributed by atoms with Crippen LogP contribution in [0.25, 0.3) is 0 Å². The second kappa shape index (κ2) is 8.59. The average Bonchev–Trinajstić information content (AvgIpc) is 3.14. The third kappa shape index (κ3) is 5.49. The first-order valence-electron chi connectivity index (χ1n) is 8.90. The molecule has 2 aromatic rings. The Morgan fingerprint density at radius 2 is 1.93 bits per heavy atom. The molecule has 1 atom stereocenters. The smallest absolute Gasteiger partial charge is 0.270 e.